The van der Waals surface area contributed by atoms with E-state index in [2.05, 4.69) is 5.32 Å². The highest BCUT2D eigenvalue weighted by Gasteiger charge is 2.34. The molecule has 0 saturated heterocycles. The molecule has 1 fully saturated rings. The van der Waals surface area contributed by atoms with E-state index in [1.807, 2.05) is 0 Å². The third kappa shape index (κ3) is 5.04. The fourth-order valence-corrected chi connectivity index (χ4v) is 2.69. The average Bonchev–Trinajstić information content (AvgIpc) is 2.26. The van der Waals surface area contributed by atoms with Crippen molar-refractivity contribution in [3.8, 4) is 0 Å². The molecule has 0 aromatic rings. The second-order valence-corrected chi connectivity index (χ2v) is 5.59. The zero-order valence-corrected chi connectivity index (χ0v) is 11.1. The summed E-state index contributed by atoms with van der Waals surface area (Å²) >= 11 is 0. The summed E-state index contributed by atoms with van der Waals surface area (Å²) < 4.78 is 0. The maximum absolute atomic E-state index is 11.6. The van der Waals surface area contributed by atoms with Crippen LogP contribution < -0.4 is 11.1 Å². The van der Waals surface area contributed by atoms with Crippen molar-refractivity contribution in [2.75, 3.05) is 6.54 Å². The number of carboxylic acids is 1. The molecule has 0 bridgehead atoms. The number of aliphatic carboxylic acids is 1. The summed E-state index contributed by atoms with van der Waals surface area (Å²) in [4.78, 5) is 22.5. The molecule has 0 radical (unpaired) electrons. The molecule has 1 aliphatic rings. The van der Waals surface area contributed by atoms with Gasteiger partial charge in [-0.1, -0.05) is 19.3 Å². The van der Waals surface area contributed by atoms with Gasteiger partial charge in [-0.25, -0.2) is 0 Å². The first kappa shape index (κ1) is 15.0. The fourth-order valence-electron chi connectivity index (χ4n) is 2.69. The first-order valence-corrected chi connectivity index (χ1v) is 6.68. The first-order valence-electron chi connectivity index (χ1n) is 6.68. The zero-order chi connectivity index (χ0) is 13.6. The molecule has 0 spiro atoms. The summed E-state index contributed by atoms with van der Waals surface area (Å²) in [5.41, 5.74) is 5.31. The standard InChI is InChI=1S/C13H24N2O3/c1-10(14)7-11(16)15-9-13(8-12(17)18)5-3-2-4-6-13/h10H,2-9,14H2,1H3,(H,15,16)(H,17,18). The minimum Gasteiger partial charge on any atom is -0.481 e. The molecular formula is C13H24N2O3. The van der Waals surface area contributed by atoms with Crippen molar-refractivity contribution in [1.29, 1.82) is 0 Å². The van der Waals surface area contributed by atoms with Crippen LogP contribution in [0.15, 0.2) is 0 Å². The zero-order valence-electron chi connectivity index (χ0n) is 11.1. The van der Waals surface area contributed by atoms with Gasteiger partial charge in [0.25, 0.3) is 0 Å². The number of hydrogen-bond acceptors (Lipinski definition) is 3. The first-order chi connectivity index (χ1) is 8.43. The average molecular weight is 256 g/mol. The number of carbonyl (C=O) groups excluding carboxylic acids is 1. The van der Waals surface area contributed by atoms with Gasteiger partial charge < -0.3 is 16.2 Å². The monoisotopic (exact) mass is 256 g/mol. The normalized spacial score (nSPS) is 20.1. The molecule has 5 heteroatoms. The predicted octanol–water partition coefficient (Wildman–Crippen LogP) is 1.27. The lowest BCUT2D eigenvalue weighted by Crippen LogP contribution is -2.41. The number of hydrogen-bond donors (Lipinski definition) is 3. The van der Waals surface area contributed by atoms with Crippen molar-refractivity contribution in [2.45, 2.75) is 57.9 Å². The number of carboxylic acid groups (broad SMARTS) is 1. The van der Waals surface area contributed by atoms with Gasteiger partial charge in [0.05, 0.1) is 6.42 Å². The third-order valence-corrected chi connectivity index (χ3v) is 3.61. The Morgan fingerprint density at radius 2 is 1.94 bits per heavy atom. The molecule has 1 unspecified atom stereocenters. The van der Waals surface area contributed by atoms with Gasteiger partial charge in [-0.2, -0.15) is 0 Å². The van der Waals surface area contributed by atoms with Crippen molar-refractivity contribution in [2.24, 2.45) is 11.1 Å². The Labute approximate surface area is 108 Å². The van der Waals surface area contributed by atoms with E-state index in [4.69, 9.17) is 10.8 Å². The van der Waals surface area contributed by atoms with Gasteiger partial charge in [0.15, 0.2) is 0 Å². The summed E-state index contributed by atoms with van der Waals surface area (Å²) in [6, 6.07) is -0.160. The third-order valence-electron chi connectivity index (χ3n) is 3.61. The van der Waals surface area contributed by atoms with Crippen molar-refractivity contribution in [1.82, 2.24) is 5.32 Å². The minimum atomic E-state index is -0.779. The second kappa shape index (κ2) is 6.73. The van der Waals surface area contributed by atoms with Gasteiger partial charge in [-0.05, 0) is 25.2 Å². The molecule has 4 N–H and O–H groups in total. The molecule has 0 aromatic heterocycles. The number of nitrogens with two attached hydrogens (primary N) is 1. The minimum absolute atomic E-state index is 0.0830. The Balaban J connectivity index is 2.50. The number of nitrogens with one attached hydrogen (secondary N) is 1. The summed E-state index contributed by atoms with van der Waals surface area (Å²) in [5.74, 6) is -0.862. The summed E-state index contributed by atoms with van der Waals surface area (Å²) in [7, 11) is 0. The lowest BCUT2D eigenvalue weighted by atomic mass is 9.71. The molecule has 1 atom stereocenters. The van der Waals surface area contributed by atoms with Crippen LogP contribution in [0.4, 0.5) is 0 Å². The van der Waals surface area contributed by atoms with Crippen LogP contribution in [0.5, 0.6) is 0 Å². The molecule has 0 heterocycles. The van der Waals surface area contributed by atoms with Gasteiger partial charge in [-0.15, -0.1) is 0 Å². The smallest absolute Gasteiger partial charge is 0.303 e. The summed E-state index contributed by atoms with van der Waals surface area (Å²) in [6.45, 7) is 2.25. The van der Waals surface area contributed by atoms with E-state index >= 15 is 0 Å². The Bertz CT molecular complexity index is 297. The van der Waals surface area contributed by atoms with E-state index in [9.17, 15) is 9.59 Å². The molecule has 1 aliphatic carbocycles. The highest BCUT2D eigenvalue weighted by atomic mass is 16.4. The molecule has 1 amide bonds. The van der Waals surface area contributed by atoms with Crippen LogP contribution in [0.1, 0.15) is 51.9 Å². The second-order valence-electron chi connectivity index (χ2n) is 5.59. The topological polar surface area (TPSA) is 92.4 Å². The Kier molecular flexibility index (Phi) is 5.59. The molecular weight excluding hydrogens is 232 g/mol. The maximum atomic E-state index is 11.6. The van der Waals surface area contributed by atoms with Crippen molar-refractivity contribution in [3.63, 3.8) is 0 Å². The lowest BCUT2D eigenvalue weighted by Gasteiger charge is -2.36. The molecule has 18 heavy (non-hydrogen) atoms. The predicted molar refractivity (Wildman–Crippen MR) is 69.0 cm³/mol. The number of amides is 1. The van der Waals surface area contributed by atoms with Crippen LogP contribution in [0.3, 0.4) is 0 Å². The van der Waals surface area contributed by atoms with E-state index in [1.54, 1.807) is 6.92 Å². The lowest BCUT2D eigenvalue weighted by molar-refractivity contribution is -0.140. The van der Waals surface area contributed by atoms with Gasteiger partial charge in [0.2, 0.25) is 5.91 Å². The van der Waals surface area contributed by atoms with Gasteiger partial charge >= 0.3 is 5.97 Å². The molecule has 0 aromatic carbocycles. The Morgan fingerprint density at radius 1 is 1.33 bits per heavy atom. The Hall–Kier alpha value is -1.10. The molecule has 5 nitrogen and oxygen atoms in total. The summed E-state index contributed by atoms with van der Waals surface area (Å²) in [5, 5.41) is 11.9. The number of rotatable bonds is 6. The van der Waals surface area contributed by atoms with Crippen LogP contribution in [-0.4, -0.2) is 29.6 Å². The fraction of sp³-hybridized carbons (Fsp3) is 0.846. The van der Waals surface area contributed by atoms with E-state index in [1.165, 1.54) is 0 Å². The molecule has 1 saturated carbocycles. The highest BCUT2D eigenvalue weighted by molar-refractivity contribution is 5.76. The van der Waals surface area contributed by atoms with E-state index in [0.29, 0.717) is 13.0 Å². The Morgan fingerprint density at radius 3 is 2.44 bits per heavy atom. The van der Waals surface area contributed by atoms with E-state index in [-0.39, 0.29) is 23.8 Å². The largest absolute Gasteiger partial charge is 0.481 e. The van der Waals surface area contributed by atoms with Gasteiger partial charge in [-0.3, -0.25) is 9.59 Å². The van der Waals surface area contributed by atoms with Crippen LogP contribution in [0.25, 0.3) is 0 Å². The van der Waals surface area contributed by atoms with Crippen LogP contribution >= 0.6 is 0 Å². The van der Waals surface area contributed by atoms with E-state index in [0.717, 1.165) is 32.1 Å². The van der Waals surface area contributed by atoms with Crippen LogP contribution in [-0.2, 0) is 9.59 Å². The molecule has 1 rings (SSSR count). The van der Waals surface area contributed by atoms with Crippen molar-refractivity contribution in [3.05, 3.63) is 0 Å². The van der Waals surface area contributed by atoms with Crippen molar-refractivity contribution >= 4 is 11.9 Å². The van der Waals surface area contributed by atoms with E-state index < -0.39 is 5.97 Å². The highest BCUT2D eigenvalue weighted by Crippen LogP contribution is 2.38. The van der Waals surface area contributed by atoms with Crippen LogP contribution in [0, 0.1) is 5.41 Å². The molecule has 104 valence electrons. The van der Waals surface area contributed by atoms with Gasteiger partial charge in [0.1, 0.15) is 0 Å². The SMILES string of the molecule is CC(N)CC(=O)NCC1(CC(=O)O)CCCCC1. The summed E-state index contributed by atoms with van der Waals surface area (Å²) in [6.07, 6.45) is 5.48. The number of carbonyl (C=O) groups is 2. The quantitative estimate of drug-likeness (QED) is 0.667. The molecule has 0 aliphatic heterocycles. The van der Waals surface area contributed by atoms with Crippen molar-refractivity contribution < 1.29 is 14.7 Å². The van der Waals surface area contributed by atoms with Gasteiger partial charge in [0, 0.05) is 19.0 Å². The van der Waals surface area contributed by atoms with Crippen LogP contribution in [0.2, 0.25) is 0 Å². The maximum Gasteiger partial charge on any atom is 0.303 e.